The lowest BCUT2D eigenvalue weighted by molar-refractivity contribution is -0.124. The molecule has 0 aliphatic carbocycles. The number of hydrogen-bond acceptors (Lipinski definition) is 3. The van der Waals surface area contributed by atoms with Crippen molar-refractivity contribution in [1.82, 2.24) is 14.5 Å². The SMILES string of the molecule is CC(=O)C1CN(C(=O)c2nc(-c3ccccc3)n3c2CCCCC3)C1. The molecular weight excluding hydrogens is 314 g/mol. The summed E-state index contributed by atoms with van der Waals surface area (Å²) in [7, 11) is 0. The molecule has 1 aromatic heterocycles. The second-order valence-corrected chi connectivity index (χ2v) is 7.08. The molecule has 5 nitrogen and oxygen atoms in total. The Bertz CT molecular complexity index is 804. The molecule has 1 amide bonds. The fourth-order valence-electron chi connectivity index (χ4n) is 3.75. The van der Waals surface area contributed by atoms with Crippen molar-refractivity contribution in [2.75, 3.05) is 13.1 Å². The van der Waals surface area contributed by atoms with Crippen molar-refractivity contribution in [1.29, 1.82) is 0 Å². The van der Waals surface area contributed by atoms with Gasteiger partial charge in [0.1, 0.15) is 17.3 Å². The predicted octanol–water partition coefficient (Wildman–Crippen LogP) is 2.94. The molecule has 5 heteroatoms. The van der Waals surface area contributed by atoms with Crippen LogP contribution >= 0.6 is 0 Å². The summed E-state index contributed by atoms with van der Waals surface area (Å²) in [4.78, 5) is 30.9. The Labute approximate surface area is 147 Å². The number of aromatic nitrogens is 2. The summed E-state index contributed by atoms with van der Waals surface area (Å²) in [5, 5.41) is 0. The zero-order valence-electron chi connectivity index (χ0n) is 14.6. The molecule has 0 saturated carbocycles. The lowest BCUT2D eigenvalue weighted by Crippen LogP contribution is -2.52. The summed E-state index contributed by atoms with van der Waals surface area (Å²) in [5.74, 6) is 1.03. The Morgan fingerprint density at radius 1 is 1.08 bits per heavy atom. The fraction of sp³-hybridized carbons (Fsp3) is 0.450. The predicted molar refractivity (Wildman–Crippen MR) is 95.3 cm³/mol. The van der Waals surface area contributed by atoms with E-state index in [-0.39, 0.29) is 17.6 Å². The number of fused-ring (bicyclic) bond motifs is 1. The van der Waals surface area contributed by atoms with Crippen LogP contribution in [0.15, 0.2) is 30.3 Å². The van der Waals surface area contributed by atoms with E-state index in [4.69, 9.17) is 4.98 Å². The number of likely N-dealkylation sites (tertiary alicyclic amines) is 1. The second-order valence-electron chi connectivity index (χ2n) is 7.08. The topological polar surface area (TPSA) is 55.2 Å². The molecule has 0 N–H and O–H groups in total. The van der Waals surface area contributed by atoms with Crippen LogP contribution < -0.4 is 0 Å². The number of imidazole rings is 1. The van der Waals surface area contributed by atoms with Gasteiger partial charge in [-0.2, -0.15) is 0 Å². The van der Waals surface area contributed by atoms with Gasteiger partial charge < -0.3 is 9.47 Å². The van der Waals surface area contributed by atoms with Gasteiger partial charge in [-0.3, -0.25) is 9.59 Å². The highest BCUT2D eigenvalue weighted by Gasteiger charge is 2.36. The summed E-state index contributed by atoms with van der Waals surface area (Å²) in [6, 6.07) is 10.1. The highest BCUT2D eigenvalue weighted by atomic mass is 16.2. The maximum absolute atomic E-state index is 13.0. The number of carbonyl (C=O) groups excluding carboxylic acids is 2. The van der Waals surface area contributed by atoms with Crippen molar-refractivity contribution >= 4 is 11.7 Å². The molecule has 1 saturated heterocycles. The van der Waals surface area contributed by atoms with Crippen molar-refractivity contribution in [2.45, 2.75) is 39.2 Å². The first kappa shape index (κ1) is 16.1. The molecule has 3 heterocycles. The van der Waals surface area contributed by atoms with E-state index in [9.17, 15) is 9.59 Å². The van der Waals surface area contributed by atoms with Crippen molar-refractivity contribution in [3.63, 3.8) is 0 Å². The summed E-state index contributed by atoms with van der Waals surface area (Å²) in [5.41, 5.74) is 2.70. The zero-order chi connectivity index (χ0) is 17.4. The van der Waals surface area contributed by atoms with E-state index in [1.807, 2.05) is 30.3 Å². The quantitative estimate of drug-likeness (QED) is 0.865. The van der Waals surface area contributed by atoms with Gasteiger partial charge in [0.05, 0.1) is 11.6 Å². The number of rotatable bonds is 3. The summed E-state index contributed by atoms with van der Waals surface area (Å²) in [6.07, 6.45) is 4.29. The molecule has 2 aliphatic rings. The minimum absolute atomic E-state index is 0.00115. The lowest BCUT2D eigenvalue weighted by Gasteiger charge is -2.37. The van der Waals surface area contributed by atoms with Crippen LogP contribution in [0.4, 0.5) is 0 Å². The number of amides is 1. The number of nitrogens with zero attached hydrogens (tertiary/aromatic N) is 3. The minimum Gasteiger partial charge on any atom is -0.336 e. The van der Waals surface area contributed by atoms with Gasteiger partial charge in [-0.05, 0) is 26.2 Å². The van der Waals surface area contributed by atoms with Crippen LogP contribution in [0, 0.1) is 5.92 Å². The lowest BCUT2D eigenvalue weighted by atomic mass is 9.95. The Morgan fingerprint density at radius 2 is 1.84 bits per heavy atom. The average Bonchev–Trinajstić information content (AvgIpc) is 2.75. The number of hydrogen-bond donors (Lipinski definition) is 0. The van der Waals surface area contributed by atoms with Gasteiger partial charge in [0, 0.05) is 25.2 Å². The molecule has 0 spiro atoms. The van der Waals surface area contributed by atoms with Crippen molar-refractivity contribution in [3.8, 4) is 11.4 Å². The summed E-state index contributed by atoms with van der Waals surface area (Å²) in [6.45, 7) is 3.57. The van der Waals surface area contributed by atoms with Crippen LogP contribution in [0.1, 0.15) is 42.4 Å². The van der Waals surface area contributed by atoms with E-state index in [1.54, 1.807) is 11.8 Å². The van der Waals surface area contributed by atoms with Crippen LogP contribution in [0.2, 0.25) is 0 Å². The molecule has 4 rings (SSSR count). The Hall–Kier alpha value is -2.43. The van der Waals surface area contributed by atoms with Gasteiger partial charge >= 0.3 is 0 Å². The second kappa shape index (κ2) is 6.47. The first-order valence-electron chi connectivity index (χ1n) is 9.09. The number of ketones is 1. The standard InChI is InChI=1S/C20H23N3O2/c1-14(24)16-12-22(13-16)20(25)18-17-10-6-3-7-11-23(17)19(21-18)15-8-4-2-5-9-15/h2,4-5,8-9,16H,3,6-7,10-13H2,1H3. The van der Waals surface area contributed by atoms with Crippen LogP contribution in [-0.2, 0) is 17.8 Å². The normalized spacial score (nSPS) is 17.6. The van der Waals surface area contributed by atoms with Crippen LogP contribution in [-0.4, -0.2) is 39.2 Å². The van der Waals surface area contributed by atoms with Crippen LogP contribution in [0.3, 0.4) is 0 Å². The first-order chi connectivity index (χ1) is 12.1. The molecule has 0 radical (unpaired) electrons. The van der Waals surface area contributed by atoms with Gasteiger partial charge in [-0.25, -0.2) is 4.98 Å². The maximum atomic E-state index is 13.0. The first-order valence-corrected chi connectivity index (χ1v) is 9.09. The van der Waals surface area contributed by atoms with Gasteiger partial charge in [0.15, 0.2) is 0 Å². The van der Waals surface area contributed by atoms with E-state index in [0.717, 1.165) is 42.9 Å². The number of benzene rings is 1. The third kappa shape index (κ3) is 2.88. The third-order valence-corrected chi connectivity index (χ3v) is 5.35. The van der Waals surface area contributed by atoms with Crippen LogP contribution in [0.5, 0.6) is 0 Å². The number of Topliss-reactive ketones (excluding diaryl/α,β-unsaturated/α-hetero) is 1. The van der Waals surface area contributed by atoms with E-state index in [0.29, 0.717) is 18.8 Å². The van der Waals surface area contributed by atoms with E-state index >= 15 is 0 Å². The van der Waals surface area contributed by atoms with Gasteiger partial charge in [-0.15, -0.1) is 0 Å². The highest BCUT2D eigenvalue weighted by molar-refractivity contribution is 5.96. The summed E-state index contributed by atoms with van der Waals surface area (Å²) >= 11 is 0. The number of carbonyl (C=O) groups is 2. The molecule has 130 valence electrons. The third-order valence-electron chi connectivity index (χ3n) is 5.35. The molecule has 2 aliphatic heterocycles. The van der Waals surface area contributed by atoms with E-state index in [2.05, 4.69) is 4.57 Å². The zero-order valence-corrected chi connectivity index (χ0v) is 14.6. The molecule has 25 heavy (non-hydrogen) atoms. The summed E-state index contributed by atoms with van der Waals surface area (Å²) < 4.78 is 2.23. The largest absolute Gasteiger partial charge is 0.336 e. The fourth-order valence-corrected chi connectivity index (χ4v) is 3.75. The molecular formula is C20H23N3O2. The van der Waals surface area contributed by atoms with Gasteiger partial charge in [0.25, 0.3) is 5.91 Å². The Morgan fingerprint density at radius 3 is 2.56 bits per heavy atom. The smallest absolute Gasteiger partial charge is 0.274 e. The van der Waals surface area contributed by atoms with E-state index in [1.165, 1.54) is 6.42 Å². The van der Waals surface area contributed by atoms with Crippen molar-refractivity contribution < 1.29 is 9.59 Å². The molecule has 0 atom stereocenters. The van der Waals surface area contributed by atoms with E-state index < -0.39 is 0 Å². The molecule has 2 aromatic rings. The monoisotopic (exact) mass is 337 g/mol. The molecule has 0 bridgehead atoms. The highest BCUT2D eigenvalue weighted by Crippen LogP contribution is 2.29. The van der Waals surface area contributed by atoms with Gasteiger partial charge in [0.2, 0.25) is 0 Å². The molecule has 1 fully saturated rings. The Kier molecular flexibility index (Phi) is 4.15. The van der Waals surface area contributed by atoms with Crippen molar-refractivity contribution in [3.05, 3.63) is 41.7 Å². The van der Waals surface area contributed by atoms with Crippen LogP contribution in [0.25, 0.3) is 11.4 Å². The maximum Gasteiger partial charge on any atom is 0.274 e. The average molecular weight is 337 g/mol. The van der Waals surface area contributed by atoms with Crippen molar-refractivity contribution in [2.24, 2.45) is 5.92 Å². The molecule has 1 aromatic carbocycles. The van der Waals surface area contributed by atoms with Gasteiger partial charge in [-0.1, -0.05) is 36.8 Å². The minimum atomic E-state index is -0.0228. The molecule has 0 unspecified atom stereocenters. The Balaban J connectivity index is 1.69.